The van der Waals surface area contributed by atoms with Crippen molar-refractivity contribution in [2.45, 2.75) is 0 Å². The Morgan fingerprint density at radius 2 is 1.25 bits per heavy atom. The number of hydrogen-bond donors (Lipinski definition) is 0. The van der Waals surface area contributed by atoms with Crippen LogP contribution in [0.2, 0.25) is 0 Å². The molecule has 0 amide bonds. The molecule has 0 heterocycles. The molecule has 0 bridgehead atoms. The second-order valence-corrected chi connectivity index (χ2v) is 0. The minimum absolute atomic E-state index is 0. The Hall–Kier alpha value is 2.03. The molecule has 0 atom stereocenters. The summed E-state index contributed by atoms with van der Waals surface area (Å²) in [4.78, 5) is 0. The first kappa shape index (κ1) is 16.6. The van der Waals surface area contributed by atoms with Gasteiger partial charge in [-0.3, -0.25) is 0 Å². The zero-order valence-electron chi connectivity index (χ0n) is 1.41. The van der Waals surface area contributed by atoms with Gasteiger partial charge in [-0.25, -0.2) is 0 Å². The van der Waals surface area contributed by atoms with E-state index < -0.39 is 0 Å². The predicted octanol–water partition coefficient (Wildman–Crippen LogP) is -1.95. The zero-order chi connectivity index (χ0) is 2.00. The number of rotatable bonds is 0. The van der Waals surface area contributed by atoms with Gasteiger partial charge in [-0.15, -0.1) is 0 Å². The fourth-order valence-electron chi connectivity index (χ4n) is 0. The van der Waals surface area contributed by atoms with E-state index in [0.717, 1.165) is 0 Å². The summed E-state index contributed by atoms with van der Waals surface area (Å²) in [5.41, 5.74) is 0. The molecule has 0 radical (unpaired) electrons. The van der Waals surface area contributed by atoms with Crippen LogP contribution in [0.3, 0.4) is 0 Å². The van der Waals surface area contributed by atoms with Crippen LogP contribution in [-0.4, -0.2) is 44.5 Å². The Morgan fingerprint density at radius 3 is 1.25 bits per heavy atom. The smallest absolute Gasteiger partial charge is 0 e. The van der Waals surface area contributed by atoms with E-state index in [0.29, 0.717) is 0 Å². The van der Waals surface area contributed by atoms with Crippen molar-refractivity contribution in [1.82, 2.24) is 0 Å². The Bertz CT molecular complexity index is 8.00. The van der Waals surface area contributed by atoms with Gasteiger partial charge >= 0.3 is 47.3 Å². The second kappa shape index (κ2) is 19.8. The van der Waals surface area contributed by atoms with Crippen LogP contribution in [0, 0.1) is 0 Å². The van der Waals surface area contributed by atoms with E-state index >= 15 is 0 Å². The van der Waals surface area contributed by atoms with Crippen LogP contribution < -0.4 is 0 Å². The van der Waals surface area contributed by atoms with Crippen LogP contribution in [0.5, 0.6) is 0 Å². The van der Waals surface area contributed by atoms with E-state index in [4.69, 9.17) is 2.81 Å². The molecule has 0 aromatic carbocycles. The third-order valence-corrected chi connectivity index (χ3v) is 0. The molecule has 0 fully saturated rings. The SMILES string of the molecule is [GaH3].[O]=[BiH].[Ti]. The van der Waals surface area contributed by atoms with Crippen LogP contribution in [-0.2, 0) is 24.5 Å². The first-order chi connectivity index (χ1) is 1.00. The van der Waals surface area contributed by atoms with Gasteiger partial charge < -0.3 is 0 Å². The van der Waals surface area contributed by atoms with Crippen LogP contribution in [0.1, 0.15) is 0 Å². The quantitative estimate of drug-likeness (QED) is 0.466. The molecule has 4 heavy (non-hydrogen) atoms. The maximum atomic E-state index is 8.39. The third kappa shape index (κ3) is 8.98. The summed E-state index contributed by atoms with van der Waals surface area (Å²) in [5, 5.41) is 0. The normalized spacial score (nSPS) is 1.00. The molecule has 0 aromatic heterocycles. The van der Waals surface area contributed by atoms with Gasteiger partial charge in [-0.2, -0.15) is 0 Å². The minimum atomic E-state index is 0. The summed E-state index contributed by atoms with van der Waals surface area (Å²) >= 11 is 0.0556. The van der Waals surface area contributed by atoms with E-state index in [1.165, 1.54) is 0 Å². The summed E-state index contributed by atoms with van der Waals surface area (Å²) in [7, 11) is 0. The summed E-state index contributed by atoms with van der Waals surface area (Å²) in [5.74, 6) is 0. The Labute approximate surface area is 68.1 Å². The van der Waals surface area contributed by atoms with Crippen molar-refractivity contribution in [2.75, 3.05) is 0 Å². The minimum Gasteiger partial charge on any atom is 0 e. The van der Waals surface area contributed by atoms with Crippen molar-refractivity contribution < 1.29 is 24.5 Å². The molecular formula is H4BiGaOTi. The van der Waals surface area contributed by atoms with Crippen LogP contribution in [0.15, 0.2) is 0 Å². The molecule has 0 aromatic rings. The third-order valence-electron chi connectivity index (χ3n) is 0. The topological polar surface area (TPSA) is 17.1 Å². The largest absolute Gasteiger partial charge is 0 e. The first-order valence-corrected chi connectivity index (χ1v) is 1.79. The van der Waals surface area contributed by atoms with E-state index in [9.17, 15) is 0 Å². The van der Waals surface area contributed by atoms with Gasteiger partial charge in [0.25, 0.3) is 0 Å². The van der Waals surface area contributed by atoms with Gasteiger partial charge in [0, 0.05) is 21.7 Å². The average Bonchev–Trinajstić information content (AvgIpc) is 1.00. The monoisotopic (exact) mass is 346 g/mol. The maximum Gasteiger partial charge on any atom is 0 e. The summed E-state index contributed by atoms with van der Waals surface area (Å²) in [6.45, 7) is 0. The van der Waals surface area contributed by atoms with Crippen LogP contribution in [0.25, 0.3) is 0 Å². The molecule has 22 valence electrons. The van der Waals surface area contributed by atoms with Crippen molar-refractivity contribution >= 4 is 44.5 Å². The van der Waals surface area contributed by atoms with E-state index in [-0.39, 0.29) is 66.2 Å². The Kier molecular flexibility index (Phi) is 82.2. The van der Waals surface area contributed by atoms with Crippen LogP contribution in [0.4, 0.5) is 0 Å². The average molecular weight is 347 g/mol. The van der Waals surface area contributed by atoms with Gasteiger partial charge in [0.15, 0.2) is 0 Å². The second-order valence-electron chi connectivity index (χ2n) is 0. The van der Waals surface area contributed by atoms with Crippen molar-refractivity contribution in [3.63, 3.8) is 0 Å². The molecular weight excluding hydrogens is 343 g/mol. The molecule has 0 unspecified atom stereocenters. The van der Waals surface area contributed by atoms with Gasteiger partial charge in [0.05, 0.1) is 0 Å². The molecule has 0 aliphatic carbocycles. The van der Waals surface area contributed by atoms with Gasteiger partial charge in [0.2, 0.25) is 0 Å². The summed E-state index contributed by atoms with van der Waals surface area (Å²) in [6, 6.07) is 0. The first-order valence-electron chi connectivity index (χ1n) is 0.204. The maximum absolute atomic E-state index is 8.39. The fraction of sp³-hybridized carbons (Fsp3) is 0. The fourth-order valence-corrected chi connectivity index (χ4v) is 0. The predicted molar refractivity (Wildman–Crippen MR) is 17.8 cm³/mol. The van der Waals surface area contributed by atoms with Gasteiger partial charge in [0.1, 0.15) is 0 Å². The Balaban J connectivity index is -0.00000000500. The van der Waals surface area contributed by atoms with Crippen molar-refractivity contribution in [3.8, 4) is 0 Å². The molecule has 0 aliphatic rings. The summed E-state index contributed by atoms with van der Waals surface area (Å²) in [6.07, 6.45) is 0. The molecule has 0 aliphatic heterocycles. The summed E-state index contributed by atoms with van der Waals surface area (Å²) < 4.78 is 8.39. The zero-order valence-corrected chi connectivity index (χ0v) is 6.86. The molecule has 0 saturated carbocycles. The van der Waals surface area contributed by atoms with E-state index in [1.54, 1.807) is 0 Å². The van der Waals surface area contributed by atoms with Gasteiger partial charge in [-0.05, 0) is 0 Å². The Morgan fingerprint density at radius 1 is 1.25 bits per heavy atom. The van der Waals surface area contributed by atoms with E-state index in [1.807, 2.05) is 0 Å². The molecule has 1 nitrogen and oxygen atoms in total. The van der Waals surface area contributed by atoms with Crippen molar-refractivity contribution in [1.29, 1.82) is 0 Å². The van der Waals surface area contributed by atoms with E-state index in [2.05, 4.69) is 0 Å². The molecule has 0 saturated heterocycles. The van der Waals surface area contributed by atoms with Crippen LogP contribution >= 0.6 is 0 Å². The van der Waals surface area contributed by atoms with Crippen molar-refractivity contribution in [3.05, 3.63) is 0 Å². The molecule has 0 N–H and O–H groups in total. The molecule has 4 heteroatoms. The van der Waals surface area contributed by atoms with Gasteiger partial charge in [-0.1, -0.05) is 0 Å². The standard InChI is InChI=1S/Bi.Ga.O.Ti.4H. The molecule has 0 spiro atoms. The van der Waals surface area contributed by atoms with Crippen molar-refractivity contribution in [2.24, 2.45) is 0 Å². The molecule has 0 rings (SSSR count). The number of hydrogen-bond acceptors (Lipinski definition) is 1.